The lowest BCUT2D eigenvalue weighted by molar-refractivity contribution is -0.142. The van der Waals surface area contributed by atoms with Gasteiger partial charge in [0.1, 0.15) is 17.5 Å². The molecule has 0 aromatic heterocycles. The van der Waals surface area contributed by atoms with Crippen LogP contribution < -0.4 is 14.8 Å². The molecule has 0 unspecified atom stereocenters. The fourth-order valence-electron chi connectivity index (χ4n) is 3.00. The van der Waals surface area contributed by atoms with Gasteiger partial charge < -0.3 is 19.7 Å². The van der Waals surface area contributed by atoms with Crippen LogP contribution in [0.1, 0.15) is 38.8 Å². The van der Waals surface area contributed by atoms with E-state index in [0.717, 1.165) is 11.3 Å². The summed E-state index contributed by atoms with van der Waals surface area (Å²) in [5, 5.41) is 2.60. The van der Waals surface area contributed by atoms with Gasteiger partial charge in [0.15, 0.2) is 6.61 Å². The van der Waals surface area contributed by atoms with Crippen LogP contribution in [0.5, 0.6) is 11.5 Å². The van der Waals surface area contributed by atoms with Crippen molar-refractivity contribution >= 4 is 11.8 Å². The molecule has 0 aliphatic heterocycles. The van der Waals surface area contributed by atoms with E-state index in [1.807, 2.05) is 48.5 Å². The summed E-state index contributed by atoms with van der Waals surface area (Å²) >= 11 is 0. The van der Waals surface area contributed by atoms with Gasteiger partial charge in [0, 0.05) is 13.6 Å². The van der Waals surface area contributed by atoms with Crippen LogP contribution in [-0.4, -0.2) is 43.5 Å². The topological polar surface area (TPSA) is 67.9 Å². The van der Waals surface area contributed by atoms with Crippen molar-refractivity contribution in [1.82, 2.24) is 10.2 Å². The van der Waals surface area contributed by atoms with Crippen molar-refractivity contribution in [3.8, 4) is 11.5 Å². The molecule has 0 spiro atoms. The number of methoxy groups -OCH3 is 1. The van der Waals surface area contributed by atoms with E-state index in [4.69, 9.17) is 9.47 Å². The first-order valence-corrected chi connectivity index (χ1v) is 10.0. The Morgan fingerprint density at radius 3 is 2.07 bits per heavy atom. The SMILES string of the molecule is CNC(=O)[C@@H](C)N(Cc1ccc(OC)cc1)C(=O)COc1ccc(C(C)(C)C)cc1. The summed E-state index contributed by atoms with van der Waals surface area (Å²) in [6, 6.07) is 14.5. The number of nitrogens with one attached hydrogen (secondary N) is 1. The maximum absolute atomic E-state index is 12.9. The van der Waals surface area contributed by atoms with Gasteiger partial charge in [-0.3, -0.25) is 9.59 Å². The van der Waals surface area contributed by atoms with Crippen molar-refractivity contribution in [1.29, 1.82) is 0 Å². The van der Waals surface area contributed by atoms with Gasteiger partial charge in [-0.1, -0.05) is 45.0 Å². The predicted octanol–water partition coefficient (Wildman–Crippen LogP) is 3.53. The number of nitrogens with zero attached hydrogens (tertiary/aromatic N) is 1. The highest BCUT2D eigenvalue weighted by Gasteiger charge is 2.26. The summed E-state index contributed by atoms with van der Waals surface area (Å²) in [6.07, 6.45) is 0. The van der Waals surface area contributed by atoms with Crippen LogP contribution >= 0.6 is 0 Å². The average molecular weight is 413 g/mol. The Balaban J connectivity index is 2.10. The van der Waals surface area contributed by atoms with Crippen molar-refractivity contribution in [2.24, 2.45) is 0 Å². The van der Waals surface area contributed by atoms with Crippen LogP contribution in [0.15, 0.2) is 48.5 Å². The first-order valence-electron chi connectivity index (χ1n) is 10.0. The lowest BCUT2D eigenvalue weighted by Gasteiger charge is -2.28. The van der Waals surface area contributed by atoms with Crippen LogP contribution in [-0.2, 0) is 21.5 Å². The molecule has 0 aliphatic rings. The molecular weight excluding hydrogens is 380 g/mol. The number of hydrogen-bond acceptors (Lipinski definition) is 4. The Labute approximate surface area is 179 Å². The van der Waals surface area contributed by atoms with Crippen molar-refractivity contribution in [3.63, 3.8) is 0 Å². The van der Waals surface area contributed by atoms with Crippen LogP contribution in [0.4, 0.5) is 0 Å². The molecule has 0 radical (unpaired) electrons. The number of carbonyl (C=O) groups is 2. The average Bonchev–Trinajstić information content (AvgIpc) is 2.74. The minimum atomic E-state index is -0.628. The monoisotopic (exact) mass is 412 g/mol. The largest absolute Gasteiger partial charge is 0.497 e. The third-order valence-corrected chi connectivity index (χ3v) is 5.01. The lowest BCUT2D eigenvalue weighted by atomic mass is 9.87. The Morgan fingerprint density at radius 1 is 1.00 bits per heavy atom. The van der Waals surface area contributed by atoms with Gasteiger partial charge in [-0.2, -0.15) is 0 Å². The Bertz CT molecular complexity index is 839. The minimum absolute atomic E-state index is 0.0481. The molecular formula is C24H32N2O4. The van der Waals surface area contributed by atoms with E-state index in [1.165, 1.54) is 10.5 Å². The number of carbonyl (C=O) groups excluding carboxylic acids is 2. The molecule has 6 heteroatoms. The Morgan fingerprint density at radius 2 is 1.57 bits per heavy atom. The third-order valence-electron chi connectivity index (χ3n) is 5.01. The Hall–Kier alpha value is -3.02. The van der Waals surface area contributed by atoms with E-state index in [2.05, 4.69) is 26.1 Å². The van der Waals surface area contributed by atoms with E-state index >= 15 is 0 Å². The van der Waals surface area contributed by atoms with Crippen LogP contribution in [0.3, 0.4) is 0 Å². The van der Waals surface area contributed by atoms with E-state index in [9.17, 15) is 9.59 Å². The summed E-state index contributed by atoms with van der Waals surface area (Å²) < 4.78 is 10.9. The van der Waals surface area contributed by atoms with Crippen molar-refractivity contribution in [2.45, 2.75) is 45.7 Å². The second-order valence-corrected chi connectivity index (χ2v) is 8.22. The fraction of sp³-hybridized carbons (Fsp3) is 0.417. The molecule has 2 aromatic carbocycles. The molecule has 0 aliphatic carbocycles. The molecule has 1 atom stereocenters. The van der Waals surface area contributed by atoms with E-state index in [1.54, 1.807) is 21.1 Å². The molecule has 2 rings (SSSR count). The van der Waals surface area contributed by atoms with Crippen molar-refractivity contribution in [3.05, 3.63) is 59.7 Å². The quantitative estimate of drug-likeness (QED) is 0.720. The maximum atomic E-state index is 12.9. The fourth-order valence-corrected chi connectivity index (χ4v) is 3.00. The van der Waals surface area contributed by atoms with Crippen LogP contribution in [0.25, 0.3) is 0 Å². The summed E-state index contributed by atoms with van der Waals surface area (Å²) in [5.41, 5.74) is 2.14. The number of ether oxygens (including phenoxy) is 2. The molecule has 0 saturated carbocycles. The van der Waals surface area contributed by atoms with E-state index in [-0.39, 0.29) is 23.8 Å². The van der Waals surface area contributed by atoms with Crippen molar-refractivity contribution < 1.29 is 19.1 Å². The smallest absolute Gasteiger partial charge is 0.261 e. The summed E-state index contributed by atoms with van der Waals surface area (Å²) in [7, 11) is 3.16. The zero-order valence-electron chi connectivity index (χ0n) is 18.7. The molecule has 0 fully saturated rings. The zero-order chi connectivity index (χ0) is 22.3. The van der Waals surface area contributed by atoms with E-state index in [0.29, 0.717) is 12.3 Å². The third kappa shape index (κ3) is 6.24. The molecule has 2 amide bonds. The second kappa shape index (κ2) is 10.1. The highest BCUT2D eigenvalue weighted by molar-refractivity contribution is 5.87. The number of amides is 2. The molecule has 0 saturated heterocycles. The Kier molecular flexibility index (Phi) is 7.86. The zero-order valence-corrected chi connectivity index (χ0v) is 18.7. The minimum Gasteiger partial charge on any atom is -0.497 e. The molecule has 30 heavy (non-hydrogen) atoms. The van der Waals surface area contributed by atoms with Gasteiger partial charge in [0.25, 0.3) is 5.91 Å². The first-order chi connectivity index (χ1) is 14.2. The van der Waals surface area contributed by atoms with Gasteiger partial charge in [-0.05, 0) is 47.7 Å². The molecule has 0 bridgehead atoms. The lowest BCUT2D eigenvalue weighted by Crippen LogP contribution is -2.48. The van der Waals surface area contributed by atoms with Gasteiger partial charge in [-0.25, -0.2) is 0 Å². The normalized spacial score (nSPS) is 12.1. The number of likely N-dealkylation sites (N-methyl/N-ethyl adjacent to an activating group) is 1. The van der Waals surface area contributed by atoms with Gasteiger partial charge in [-0.15, -0.1) is 0 Å². The molecule has 162 valence electrons. The highest BCUT2D eigenvalue weighted by atomic mass is 16.5. The summed E-state index contributed by atoms with van der Waals surface area (Å²) in [6.45, 7) is 8.28. The molecule has 2 aromatic rings. The van der Waals surface area contributed by atoms with Crippen molar-refractivity contribution in [2.75, 3.05) is 20.8 Å². The second-order valence-electron chi connectivity index (χ2n) is 8.22. The predicted molar refractivity (Wildman–Crippen MR) is 118 cm³/mol. The molecule has 1 N–H and O–H groups in total. The first kappa shape index (κ1) is 23.3. The van der Waals surface area contributed by atoms with Crippen LogP contribution in [0.2, 0.25) is 0 Å². The standard InChI is InChI=1S/C24H32N2O4/c1-17(23(28)25-5)26(15-18-7-11-20(29-6)12-8-18)22(27)16-30-21-13-9-19(10-14-21)24(2,3)4/h7-14,17H,15-16H2,1-6H3,(H,25,28)/t17-/m1/s1. The number of benzene rings is 2. The van der Waals surface area contributed by atoms with E-state index < -0.39 is 6.04 Å². The van der Waals surface area contributed by atoms with Gasteiger partial charge in [0.05, 0.1) is 7.11 Å². The van der Waals surface area contributed by atoms with Gasteiger partial charge >= 0.3 is 0 Å². The molecule has 6 nitrogen and oxygen atoms in total. The number of hydrogen-bond donors (Lipinski definition) is 1. The number of rotatable bonds is 8. The van der Waals surface area contributed by atoms with Gasteiger partial charge in [0.2, 0.25) is 5.91 Å². The molecule has 0 heterocycles. The summed E-state index contributed by atoms with van der Waals surface area (Å²) in [5.74, 6) is 0.861. The van der Waals surface area contributed by atoms with Crippen LogP contribution in [0, 0.1) is 0 Å². The summed E-state index contributed by atoms with van der Waals surface area (Å²) in [4.78, 5) is 26.6. The maximum Gasteiger partial charge on any atom is 0.261 e. The highest BCUT2D eigenvalue weighted by Crippen LogP contribution is 2.24.